The van der Waals surface area contributed by atoms with Crippen LogP contribution in [0.15, 0.2) is 71.7 Å². The SMILES string of the molecule is COc1ccccc1N1CCN(CC(C)Cn2c(=O)c3cccn3c3ccccc32)CC1. The van der Waals surface area contributed by atoms with Crippen LogP contribution in [0.3, 0.4) is 0 Å². The van der Waals surface area contributed by atoms with Crippen LogP contribution in [0.5, 0.6) is 5.75 Å². The van der Waals surface area contributed by atoms with Crippen molar-refractivity contribution in [2.45, 2.75) is 13.5 Å². The first-order valence-electron chi connectivity index (χ1n) is 11.3. The van der Waals surface area contributed by atoms with E-state index in [-0.39, 0.29) is 5.56 Å². The van der Waals surface area contributed by atoms with Gasteiger partial charge >= 0.3 is 0 Å². The maximum absolute atomic E-state index is 13.2. The fraction of sp³-hybridized carbons (Fsp3) is 0.346. The lowest BCUT2D eigenvalue weighted by molar-refractivity contribution is 0.215. The van der Waals surface area contributed by atoms with Crippen LogP contribution < -0.4 is 15.2 Å². The molecule has 3 heterocycles. The van der Waals surface area contributed by atoms with Crippen LogP contribution in [-0.2, 0) is 6.54 Å². The number of hydrogen-bond donors (Lipinski definition) is 0. The zero-order valence-corrected chi connectivity index (χ0v) is 18.8. The Hall–Kier alpha value is -3.25. The van der Waals surface area contributed by atoms with Gasteiger partial charge in [-0.2, -0.15) is 0 Å². The highest BCUT2D eigenvalue weighted by Gasteiger charge is 2.21. The van der Waals surface area contributed by atoms with Crippen LogP contribution in [0.4, 0.5) is 5.69 Å². The van der Waals surface area contributed by atoms with Gasteiger partial charge in [0.15, 0.2) is 0 Å². The summed E-state index contributed by atoms with van der Waals surface area (Å²) in [4.78, 5) is 18.1. The highest BCUT2D eigenvalue weighted by Crippen LogP contribution is 2.28. The molecule has 1 atom stereocenters. The van der Waals surface area contributed by atoms with Gasteiger partial charge in [0.2, 0.25) is 0 Å². The van der Waals surface area contributed by atoms with Gasteiger partial charge in [-0.05, 0) is 42.3 Å². The topological polar surface area (TPSA) is 42.1 Å². The molecule has 0 bridgehead atoms. The molecule has 5 rings (SSSR count). The minimum atomic E-state index is 0.0848. The Morgan fingerprint density at radius 1 is 0.844 bits per heavy atom. The molecule has 0 N–H and O–H groups in total. The molecule has 1 aliphatic rings. The zero-order valence-electron chi connectivity index (χ0n) is 18.8. The van der Waals surface area contributed by atoms with Crippen molar-refractivity contribution in [3.63, 3.8) is 0 Å². The molecule has 2 aromatic carbocycles. The molecule has 4 aromatic rings. The van der Waals surface area contributed by atoms with Gasteiger partial charge in [-0.15, -0.1) is 0 Å². The number of hydrogen-bond acceptors (Lipinski definition) is 4. The number of ether oxygens (including phenoxy) is 1. The number of methoxy groups -OCH3 is 1. The number of benzene rings is 2. The maximum atomic E-state index is 13.2. The fourth-order valence-electron chi connectivity index (χ4n) is 4.96. The second-order valence-corrected chi connectivity index (χ2v) is 8.73. The van der Waals surface area contributed by atoms with Crippen LogP contribution in [0, 0.1) is 5.92 Å². The molecule has 1 unspecified atom stereocenters. The lowest BCUT2D eigenvalue weighted by Gasteiger charge is -2.37. The number of para-hydroxylation sites is 4. The summed E-state index contributed by atoms with van der Waals surface area (Å²) in [5.41, 5.74) is 4.06. The van der Waals surface area contributed by atoms with Gasteiger partial charge in [0, 0.05) is 45.5 Å². The summed E-state index contributed by atoms with van der Waals surface area (Å²) in [7, 11) is 1.73. The summed E-state index contributed by atoms with van der Waals surface area (Å²) >= 11 is 0. The Labute approximate surface area is 188 Å². The second-order valence-electron chi connectivity index (χ2n) is 8.73. The van der Waals surface area contributed by atoms with Crippen molar-refractivity contribution in [2.24, 2.45) is 5.92 Å². The smallest absolute Gasteiger partial charge is 0.275 e. The van der Waals surface area contributed by atoms with Crippen LogP contribution >= 0.6 is 0 Å². The monoisotopic (exact) mass is 430 g/mol. The van der Waals surface area contributed by atoms with Gasteiger partial charge in [-0.1, -0.05) is 31.2 Å². The van der Waals surface area contributed by atoms with E-state index in [0.717, 1.165) is 55.0 Å². The minimum Gasteiger partial charge on any atom is -0.495 e. The summed E-state index contributed by atoms with van der Waals surface area (Å²) in [6.07, 6.45) is 1.97. The average Bonchev–Trinajstić information content (AvgIpc) is 3.33. The van der Waals surface area contributed by atoms with Crippen molar-refractivity contribution < 1.29 is 4.74 Å². The molecule has 0 aliphatic carbocycles. The number of fused-ring (bicyclic) bond motifs is 3. The van der Waals surface area contributed by atoms with E-state index in [4.69, 9.17) is 4.74 Å². The average molecular weight is 431 g/mol. The third kappa shape index (κ3) is 3.75. The van der Waals surface area contributed by atoms with E-state index < -0.39 is 0 Å². The highest BCUT2D eigenvalue weighted by atomic mass is 16.5. The fourth-order valence-corrected chi connectivity index (χ4v) is 4.96. The Bertz CT molecular complexity index is 1280. The van der Waals surface area contributed by atoms with Crippen LogP contribution in [0.1, 0.15) is 6.92 Å². The van der Waals surface area contributed by atoms with Gasteiger partial charge in [0.1, 0.15) is 11.3 Å². The highest BCUT2D eigenvalue weighted by molar-refractivity contribution is 5.79. The predicted octanol–water partition coefficient (Wildman–Crippen LogP) is 3.72. The van der Waals surface area contributed by atoms with Crippen molar-refractivity contribution >= 4 is 22.2 Å². The van der Waals surface area contributed by atoms with E-state index in [1.54, 1.807) is 7.11 Å². The summed E-state index contributed by atoms with van der Waals surface area (Å²) in [5.74, 6) is 1.30. The van der Waals surface area contributed by atoms with Crippen molar-refractivity contribution in [1.29, 1.82) is 0 Å². The van der Waals surface area contributed by atoms with E-state index in [0.29, 0.717) is 12.5 Å². The number of nitrogens with zero attached hydrogens (tertiary/aromatic N) is 4. The molecule has 1 fully saturated rings. The second kappa shape index (κ2) is 8.71. The molecule has 6 heteroatoms. The molecular formula is C26H30N4O2. The van der Waals surface area contributed by atoms with E-state index in [1.807, 2.05) is 51.6 Å². The first-order valence-corrected chi connectivity index (χ1v) is 11.3. The number of piperazine rings is 1. The van der Waals surface area contributed by atoms with Gasteiger partial charge in [-0.25, -0.2) is 0 Å². The molecule has 1 saturated heterocycles. The number of rotatable bonds is 6. The van der Waals surface area contributed by atoms with Gasteiger partial charge < -0.3 is 18.6 Å². The van der Waals surface area contributed by atoms with Crippen molar-refractivity contribution in [3.8, 4) is 5.75 Å². The molecule has 0 saturated carbocycles. The van der Waals surface area contributed by atoms with Crippen molar-refractivity contribution in [2.75, 3.05) is 44.7 Å². The Morgan fingerprint density at radius 3 is 2.31 bits per heavy atom. The van der Waals surface area contributed by atoms with Crippen molar-refractivity contribution in [1.82, 2.24) is 13.9 Å². The first-order chi connectivity index (χ1) is 15.7. The van der Waals surface area contributed by atoms with Gasteiger partial charge in [0.25, 0.3) is 5.56 Å². The maximum Gasteiger partial charge on any atom is 0.275 e. The third-order valence-corrected chi connectivity index (χ3v) is 6.51. The number of anilines is 1. The van der Waals surface area contributed by atoms with Crippen LogP contribution in [0.25, 0.3) is 16.6 Å². The summed E-state index contributed by atoms with van der Waals surface area (Å²) in [5, 5.41) is 0. The summed E-state index contributed by atoms with van der Waals surface area (Å²) < 4.78 is 9.49. The summed E-state index contributed by atoms with van der Waals surface area (Å²) in [6.45, 7) is 7.92. The molecule has 166 valence electrons. The van der Waals surface area contributed by atoms with E-state index >= 15 is 0 Å². The molecule has 0 amide bonds. The number of aromatic nitrogens is 2. The Kier molecular flexibility index (Phi) is 5.62. The van der Waals surface area contributed by atoms with E-state index in [2.05, 4.69) is 41.0 Å². The zero-order chi connectivity index (χ0) is 22.1. The third-order valence-electron chi connectivity index (χ3n) is 6.51. The summed E-state index contributed by atoms with van der Waals surface area (Å²) in [6, 6.07) is 20.3. The molecule has 1 aliphatic heterocycles. The van der Waals surface area contributed by atoms with E-state index in [1.165, 1.54) is 5.69 Å². The lowest BCUT2D eigenvalue weighted by atomic mass is 10.1. The molecule has 0 radical (unpaired) electrons. The largest absolute Gasteiger partial charge is 0.495 e. The molecule has 2 aromatic heterocycles. The molecular weight excluding hydrogens is 400 g/mol. The standard InChI is InChI=1S/C26H30N4O2/c1-20(18-27-14-16-28(17-15-27)23-10-5-6-12-25(23)32-2)19-30-22-9-4-3-8-21(22)29-13-7-11-24(29)26(30)31/h3-13,20H,14-19H2,1-2H3. The van der Waals surface area contributed by atoms with E-state index in [9.17, 15) is 4.79 Å². The quantitative estimate of drug-likeness (QED) is 0.468. The van der Waals surface area contributed by atoms with Gasteiger partial charge in [0.05, 0.1) is 23.8 Å². The minimum absolute atomic E-state index is 0.0848. The molecule has 0 spiro atoms. The van der Waals surface area contributed by atoms with Crippen LogP contribution in [-0.4, -0.2) is 53.7 Å². The first kappa shape index (κ1) is 20.6. The molecule has 32 heavy (non-hydrogen) atoms. The van der Waals surface area contributed by atoms with Gasteiger partial charge in [-0.3, -0.25) is 9.69 Å². The van der Waals surface area contributed by atoms with Crippen LogP contribution in [0.2, 0.25) is 0 Å². The lowest BCUT2D eigenvalue weighted by Crippen LogP contribution is -2.48. The van der Waals surface area contributed by atoms with Crippen molar-refractivity contribution in [3.05, 3.63) is 77.2 Å². The molecule has 6 nitrogen and oxygen atoms in total. The Morgan fingerprint density at radius 2 is 1.53 bits per heavy atom. The Balaban J connectivity index is 1.29. The normalized spacial score (nSPS) is 16.0. The predicted molar refractivity (Wildman–Crippen MR) is 130 cm³/mol.